The Balaban J connectivity index is 1.72. The van der Waals surface area contributed by atoms with Crippen molar-refractivity contribution in [2.75, 3.05) is 13.1 Å². The number of para-hydroxylation sites is 1. The summed E-state index contributed by atoms with van der Waals surface area (Å²) in [5, 5.41) is 11.5. The Morgan fingerprint density at radius 2 is 2.14 bits per heavy atom. The van der Waals surface area contributed by atoms with E-state index in [0.717, 1.165) is 38.8 Å². The summed E-state index contributed by atoms with van der Waals surface area (Å²) >= 11 is 0. The topological polar surface area (TPSA) is 39.3 Å². The second-order valence-electron chi connectivity index (χ2n) is 7.09. The van der Waals surface area contributed by atoms with Gasteiger partial charge < -0.3 is 10.1 Å². The van der Waals surface area contributed by atoms with Crippen molar-refractivity contribution in [3.8, 4) is 0 Å². The minimum absolute atomic E-state index is 0.137. The van der Waals surface area contributed by atoms with Gasteiger partial charge in [0.1, 0.15) is 0 Å². The molecule has 0 bridgehead atoms. The van der Waals surface area contributed by atoms with E-state index in [4.69, 9.17) is 0 Å². The van der Waals surface area contributed by atoms with Gasteiger partial charge in [-0.15, -0.1) is 0 Å². The number of fused-ring (bicyclic) bond motifs is 4. The van der Waals surface area contributed by atoms with E-state index in [1.54, 1.807) is 0 Å². The molecule has 3 heterocycles. The zero-order chi connectivity index (χ0) is 15.2. The first-order valence-corrected chi connectivity index (χ1v) is 8.73. The summed E-state index contributed by atoms with van der Waals surface area (Å²) < 4.78 is 0. The molecule has 1 fully saturated rings. The molecule has 2 aliphatic heterocycles. The maximum absolute atomic E-state index is 10.1. The molecule has 0 spiro atoms. The minimum Gasteiger partial charge on any atom is -0.392 e. The molecule has 118 valence electrons. The molecule has 2 unspecified atom stereocenters. The number of aliphatic hydroxyl groups is 1. The fourth-order valence-corrected chi connectivity index (χ4v) is 4.68. The second-order valence-corrected chi connectivity index (χ2v) is 7.09. The predicted molar refractivity (Wildman–Crippen MR) is 90.2 cm³/mol. The van der Waals surface area contributed by atoms with Crippen molar-refractivity contribution in [2.45, 2.75) is 57.1 Å². The zero-order valence-electron chi connectivity index (χ0n) is 13.4. The molecule has 0 aliphatic carbocycles. The van der Waals surface area contributed by atoms with E-state index in [2.05, 4.69) is 41.1 Å². The molecule has 2 aliphatic rings. The number of H-pyrrole nitrogens is 1. The van der Waals surface area contributed by atoms with Crippen molar-refractivity contribution < 1.29 is 5.11 Å². The summed E-state index contributed by atoms with van der Waals surface area (Å²) in [4.78, 5) is 6.25. The van der Waals surface area contributed by atoms with Crippen LogP contribution in [0.3, 0.4) is 0 Å². The van der Waals surface area contributed by atoms with Gasteiger partial charge in [-0.05, 0) is 50.2 Å². The molecule has 1 aromatic carbocycles. The standard InChI is InChI=1S/C19H26N2O/c1-2-19-10-7-14(22)13-21(19)12-9-16-15-5-3-4-6-17(15)20-18(16)8-11-19/h3-6,14,20,22H,2,7-13H2,1H3. The first-order valence-electron chi connectivity index (χ1n) is 8.73. The van der Waals surface area contributed by atoms with Gasteiger partial charge in [-0.3, -0.25) is 4.90 Å². The van der Waals surface area contributed by atoms with Crippen LogP contribution in [0, 0.1) is 0 Å². The van der Waals surface area contributed by atoms with Gasteiger partial charge in [-0.25, -0.2) is 0 Å². The van der Waals surface area contributed by atoms with Crippen LogP contribution in [0.4, 0.5) is 0 Å². The predicted octanol–water partition coefficient (Wildman–Crippen LogP) is 3.26. The number of piperidine rings is 1. The highest BCUT2D eigenvalue weighted by molar-refractivity contribution is 5.84. The monoisotopic (exact) mass is 298 g/mol. The second kappa shape index (κ2) is 5.39. The van der Waals surface area contributed by atoms with Crippen LogP contribution in [0.2, 0.25) is 0 Å². The third-order valence-corrected chi connectivity index (χ3v) is 6.08. The molecule has 1 aromatic heterocycles. The van der Waals surface area contributed by atoms with Crippen LogP contribution in [0.5, 0.6) is 0 Å². The average molecular weight is 298 g/mol. The Morgan fingerprint density at radius 1 is 1.27 bits per heavy atom. The zero-order valence-corrected chi connectivity index (χ0v) is 13.4. The third-order valence-electron chi connectivity index (χ3n) is 6.08. The Morgan fingerprint density at radius 3 is 3.00 bits per heavy atom. The number of nitrogens with one attached hydrogen (secondary N) is 1. The number of β-amino-alcohol motifs (C(OH)–C–C–N with tert-alkyl or cyclic N) is 1. The highest BCUT2D eigenvalue weighted by atomic mass is 16.3. The minimum atomic E-state index is -0.137. The molecule has 2 atom stereocenters. The Hall–Kier alpha value is -1.32. The van der Waals surface area contributed by atoms with Crippen LogP contribution >= 0.6 is 0 Å². The fourth-order valence-electron chi connectivity index (χ4n) is 4.68. The summed E-state index contributed by atoms with van der Waals surface area (Å²) in [6.45, 7) is 4.24. The van der Waals surface area contributed by atoms with E-state index in [9.17, 15) is 5.11 Å². The molecule has 2 aromatic rings. The Kier molecular flexibility index (Phi) is 3.50. The van der Waals surface area contributed by atoms with E-state index < -0.39 is 0 Å². The van der Waals surface area contributed by atoms with Gasteiger partial charge in [0, 0.05) is 35.2 Å². The van der Waals surface area contributed by atoms with Crippen LogP contribution in [-0.4, -0.2) is 39.7 Å². The molecular weight excluding hydrogens is 272 g/mol. The summed E-state index contributed by atoms with van der Waals surface area (Å²) in [5.74, 6) is 0. The van der Waals surface area contributed by atoms with Gasteiger partial charge in [0.15, 0.2) is 0 Å². The average Bonchev–Trinajstić information content (AvgIpc) is 2.88. The van der Waals surface area contributed by atoms with Crippen LogP contribution < -0.4 is 0 Å². The highest BCUT2D eigenvalue weighted by Crippen LogP contribution is 2.38. The van der Waals surface area contributed by atoms with E-state index in [1.807, 2.05) is 0 Å². The van der Waals surface area contributed by atoms with Gasteiger partial charge in [0.25, 0.3) is 0 Å². The normalized spacial score (nSPS) is 29.6. The number of rotatable bonds is 1. The fraction of sp³-hybridized carbons (Fsp3) is 0.579. The lowest BCUT2D eigenvalue weighted by molar-refractivity contribution is -0.0298. The van der Waals surface area contributed by atoms with Crippen LogP contribution in [0.25, 0.3) is 10.9 Å². The summed E-state index contributed by atoms with van der Waals surface area (Å²) in [5.41, 5.74) is 4.52. The molecule has 0 saturated carbocycles. The lowest BCUT2D eigenvalue weighted by atomic mass is 9.78. The molecular formula is C19H26N2O. The number of hydrogen-bond donors (Lipinski definition) is 2. The Bertz CT molecular complexity index is 677. The van der Waals surface area contributed by atoms with Gasteiger partial charge in [0.2, 0.25) is 0 Å². The van der Waals surface area contributed by atoms with Crippen LogP contribution in [-0.2, 0) is 12.8 Å². The molecule has 1 saturated heterocycles. The van der Waals surface area contributed by atoms with Gasteiger partial charge in [-0.1, -0.05) is 25.1 Å². The number of benzene rings is 1. The van der Waals surface area contributed by atoms with E-state index >= 15 is 0 Å². The number of aromatic amines is 1. The lowest BCUT2D eigenvalue weighted by Gasteiger charge is -2.49. The van der Waals surface area contributed by atoms with Crippen molar-refractivity contribution in [1.82, 2.24) is 9.88 Å². The van der Waals surface area contributed by atoms with Crippen molar-refractivity contribution in [3.05, 3.63) is 35.5 Å². The molecule has 2 N–H and O–H groups in total. The summed E-state index contributed by atoms with van der Waals surface area (Å²) in [6, 6.07) is 8.67. The van der Waals surface area contributed by atoms with Crippen molar-refractivity contribution in [1.29, 1.82) is 0 Å². The molecule has 0 amide bonds. The number of aliphatic hydroxyl groups excluding tert-OH is 1. The SMILES string of the molecule is CCC12CCc3[nH]c4ccccc4c3CCN1CC(O)CC2. The van der Waals surface area contributed by atoms with Gasteiger partial charge in [0.05, 0.1) is 6.10 Å². The molecule has 4 rings (SSSR count). The molecule has 3 heteroatoms. The molecule has 0 radical (unpaired) electrons. The van der Waals surface area contributed by atoms with Crippen LogP contribution in [0.15, 0.2) is 24.3 Å². The maximum Gasteiger partial charge on any atom is 0.0668 e. The van der Waals surface area contributed by atoms with Gasteiger partial charge >= 0.3 is 0 Å². The quantitative estimate of drug-likeness (QED) is 0.848. The van der Waals surface area contributed by atoms with Crippen molar-refractivity contribution in [2.24, 2.45) is 0 Å². The maximum atomic E-state index is 10.1. The molecule has 22 heavy (non-hydrogen) atoms. The highest BCUT2D eigenvalue weighted by Gasteiger charge is 2.40. The molecule has 3 nitrogen and oxygen atoms in total. The van der Waals surface area contributed by atoms with Crippen LogP contribution in [0.1, 0.15) is 43.9 Å². The first-order chi connectivity index (χ1) is 10.7. The summed E-state index contributed by atoms with van der Waals surface area (Å²) in [7, 11) is 0. The van der Waals surface area contributed by atoms with E-state index in [1.165, 1.54) is 35.0 Å². The number of hydrogen-bond acceptors (Lipinski definition) is 2. The van der Waals surface area contributed by atoms with Crippen molar-refractivity contribution >= 4 is 10.9 Å². The smallest absolute Gasteiger partial charge is 0.0668 e. The number of nitrogens with zero attached hydrogens (tertiary/aromatic N) is 1. The third kappa shape index (κ3) is 2.19. The largest absolute Gasteiger partial charge is 0.392 e. The van der Waals surface area contributed by atoms with E-state index in [0.29, 0.717) is 5.54 Å². The lowest BCUT2D eigenvalue weighted by Crippen LogP contribution is -2.56. The number of aromatic nitrogens is 1. The summed E-state index contributed by atoms with van der Waals surface area (Å²) in [6.07, 6.45) is 6.58. The van der Waals surface area contributed by atoms with Crippen molar-refractivity contribution in [3.63, 3.8) is 0 Å². The van der Waals surface area contributed by atoms with E-state index in [-0.39, 0.29) is 6.10 Å². The Labute approximate surface area is 132 Å². The first kappa shape index (κ1) is 14.3. The van der Waals surface area contributed by atoms with Gasteiger partial charge in [-0.2, -0.15) is 0 Å². The number of aryl methyl sites for hydroxylation is 1.